The van der Waals surface area contributed by atoms with Crippen molar-refractivity contribution in [1.82, 2.24) is 0 Å². The Balaban J connectivity index is 0.000000452. The summed E-state index contributed by atoms with van der Waals surface area (Å²) in [7, 11) is 0. The Morgan fingerprint density at radius 2 is 1.05 bits per heavy atom. The fourth-order valence-corrected chi connectivity index (χ4v) is 1.90. The van der Waals surface area contributed by atoms with E-state index in [4.69, 9.17) is 10.2 Å². The summed E-state index contributed by atoms with van der Waals surface area (Å²) in [5, 5.41) is 23.3. The minimum absolute atomic E-state index is 0. The van der Waals surface area contributed by atoms with Crippen LogP contribution in [-0.4, -0.2) is 13.2 Å². The van der Waals surface area contributed by atoms with Gasteiger partial charge in [0.15, 0.2) is 0 Å². The van der Waals surface area contributed by atoms with Gasteiger partial charge < -0.3 is 10.2 Å². The van der Waals surface area contributed by atoms with Gasteiger partial charge in [-0.1, -0.05) is 50.2 Å². The van der Waals surface area contributed by atoms with Crippen molar-refractivity contribution in [2.75, 3.05) is 13.2 Å². The van der Waals surface area contributed by atoms with E-state index in [1.54, 1.807) is 13.8 Å². The predicted molar refractivity (Wildman–Crippen MR) is 78.1 cm³/mol. The van der Waals surface area contributed by atoms with Crippen molar-refractivity contribution in [1.29, 1.82) is 0 Å². The van der Waals surface area contributed by atoms with E-state index in [1.807, 2.05) is 0 Å². The molecule has 0 aliphatic heterocycles. The molecule has 0 fully saturated rings. The number of benzene rings is 2. The predicted octanol–water partition coefficient (Wildman–Crippen LogP) is 2.44. The molecule has 0 saturated carbocycles. The summed E-state index contributed by atoms with van der Waals surface area (Å²) >= 11 is 0. The van der Waals surface area contributed by atoms with Gasteiger partial charge in [0.2, 0.25) is 0 Å². The van der Waals surface area contributed by atoms with Gasteiger partial charge in [-0.25, -0.2) is 0 Å². The van der Waals surface area contributed by atoms with Crippen molar-refractivity contribution >= 4 is 21.5 Å². The normalized spacial score (nSPS) is 9.00. The third-order valence-corrected chi connectivity index (χ3v) is 2.52. The second-order valence-electron chi connectivity index (χ2n) is 3.90. The Bertz CT molecular complexity index is 550. The molecule has 0 heterocycles. The number of hydrogen-bond donors (Lipinski definition) is 0. The first-order chi connectivity index (χ1) is 9.28. The Labute approximate surface area is 139 Å². The SMILES string of the molecule is CC[O-].CC[O-].[Zr+3].c1ccc2c(c1)[cH-]c1ccccc12. The molecule has 3 aromatic rings. The molecular weight excluding hydrogens is 327 g/mol. The van der Waals surface area contributed by atoms with Crippen LogP contribution in [0.3, 0.4) is 0 Å². The number of rotatable bonds is 0. The largest absolute Gasteiger partial charge is 3.00 e. The quantitative estimate of drug-likeness (QED) is 0.587. The monoisotopic (exact) mass is 345 g/mol. The van der Waals surface area contributed by atoms with Crippen LogP contribution in [0.5, 0.6) is 0 Å². The molecule has 2 nitrogen and oxygen atoms in total. The Kier molecular flexibility index (Phi) is 10.4. The zero-order chi connectivity index (χ0) is 14.1. The third-order valence-electron chi connectivity index (χ3n) is 2.52. The zero-order valence-electron chi connectivity index (χ0n) is 11.9. The maximum Gasteiger partial charge on any atom is 3.00 e. The summed E-state index contributed by atoms with van der Waals surface area (Å²) in [4.78, 5) is 0. The molecule has 0 aliphatic rings. The van der Waals surface area contributed by atoms with E-state index >= 15 is 0 Å². The Hall–Kier alpha value is -0.887. The van der Waals surface area contributed by atoms with Crippen LogP contribution in [0.1, 0.15) is 13.8 Å². The van der Waals surface area contributed by atoms with E-state index in [0.717, 1.165) is 0 Å². The van der Waals surface area contributed by atoms with Gasteiger partial charge in [0, 0.05) is 0 Å². The smallest absolute Gasteiger partial charge is 0.855 e. The van der Waals surface area contributed by atoms with Crippen LogP contribution >= 0.6 is 0 Å². The molecule has 0 spiro atoms. The zero-order valence-corrected chi connectivity index (χ0v) is 14.4. The molecule has 1 radical (unpaired) electrons. The van der Waals surface area contributed by atoms with Gasteiger partial charge >= 0.3 is 26.2 Å². The minimum Gasteiger partial charge on any atom is -0.855 e. The van der Waals surface area contributed by atoms with Crippen LogP contribution in [-0.2, 0) is 26.2 Å². The van der Waals surface area contributed by atoms with Gasteiger partial charge in [0.1, 0.15) is 0 Å². The van der Waals surface area contributed by atoms with Gasteiger partial charge in [-0.15, -0.1) is 53.0 Å². The standard InChI is InChI=1S/C13H9.2C2H5O.Zr/c1-3-7-12-10(5-1)9-11-6-2-4-8-13(11)12;2*1-2-3;/h1-9H;2*2H2,1H3;/q3*-1;+3. The number of fused-ring (bicyclic) bond motifs is 3. The molecule has 3 heteroatoms. The van der Waals surface area contributed by atoms with Crippen molar-refractivity contribution in [2.45, 2.75) is 13.8 Å². The van der Waals surface area contributed by atoms with Gasteiger partial charge in [-0.3, -0.25) is 0 Å². The van der Waals surface area contributed by atoms with Crippen LogP contribution in [0.25, 0.3) is 21.5 Å². The first-order valence-electron chi connectivity index (χ1n) is 6.47. The summed E-state index contributed by atoms with van der Waals surface area (Å²) in [5.41, 5.74) is 0. The first kappa shape index (κ1) is 19.1. The molecule has 103 valence electrons. The van der Waals surface area contributed by atoms with E-state index in [-0.39, 0.29) is 39.4 Å². The first-order valence-corrected chi connectivity index (χ1v) is 6.47. The summed E-state index contributed by atoms with van der Waals surface area (Å²) in [6.45, 7) is 3.14. The van der Waals surface area contributed by atoms with Gasteiger partial charge in [0.05, 0.1) is 0 Å². The van der Waals surface area contributed by atoms with Gasteiger partial charge in [-0.2, -0.15) is 0 Å². The third kappa shape index (κ3) is 5.24. The fourth-order valence-electron chi connectivity index (χ4n) is 1.90. The molecule has 0 bridgehead atoms. The van der Waals surface area contributed by atoms with E-state index in [1.165, 1.54) is 21.5 Å². The maximum atomic E-state index is 8.93. The van der Waals surface area contributed by atoms with Crippen molar-refractivity contribution in [3.63, 3.8) is 0 Å². The average molecular weight is 347 g/mol. The van der Waals surface area contributed by atoms with Crippen molar-refractivity contribution in [2.24, 2.45) is 0 Å². The van der Waals surface area contributed by atoms with Crippen LogP contribution in [0.4, 0.5) is 0 Å². The molecule has 3 aromatic carbocycles. The van der Waals surface area contributed by atoms with E-state index < -0.39 is 0 Å². The van der Waals surface area contributed by atoms with E-state index in [0.29, 0.717) is 0 Å². The molecule has 20 heavy (non-hydrogen) atoms. The van der Waals surface area contributed by atoms with Gasteiger partial charge in [0.25, 0.3) is 0 Å². The topological polar surface area (TPSA) is 46.1 Å². The van der Waals surface area contributed by atoms with E-state index in [9.17, 15) is 0 Å². The van der Waals surface area contributed by atoms with Crippen LogP contribution in [0.2, 0.25) is 0 Å². The van der Waals surface area contributed by atoms with Crippen LogP contribution < -0.4 is 10.2 Å². The molecule has 0 aliphatic carbocycles. The van der Waals surface area contributed by atoms with Crippen LogP contribution in [0.15, 0.2) is 54.6 Å². The minimum atomic E-state index is 0. The van der Waals surface area contributed by atoms with E-state index in [2.05, 4.69) is 54.6 Å². The summed E-state index contributed by atoms with van der Waals surface area (Å²) in [6.07, 6.45) is 0. The number of hydrogen-bond acceptors (Lipinski definition) is 2. The molecular formula is C17H19O2Zr. The Morgan fingerprint density at radius 1 is 0.750 bits per heavy atom. The summed E-state index contributed by atoms with van der Waals surface area (Å²) in [6, 6.07) is 19.3. The Morgan fingerprint density at radius 3 is 1.40 bits per heavy atom. The maximum absolute atomic E-state index is 8.93. The molecule has 0 atom stereocenters. The molecule has 0 unspecified atom stereocenters. The fraction of sp³-hybridized carbons (Fsp3) is 0.235. The van der Waals surface area contributed by atoms with Crippen molar-refractivity contribution in [3.05, 3.63) is 54.6 Å². The molecule has 0 aromatic heterocycles. The average Bonchev–Trinajstić information content (AvgIpc) is 2.79. The van der Waals surface area contributed by atoms with Crippen molar-refractivity contribution < 1.29 is 36.4 Å². The van der Waals surface area contributed by atoms with Crippen molar-refractivity contribution in [3.8, 4) is 0 Å². The molecule has 0 N–H and O–H groups in total. The molecule has 0 amide bonds. The molecule has 3 rings (SSSR count). The van der Waals surface area contributed by atoms with Gasteiger partial charge in [-0.05, 0) is 0 Å². The second kappa shape index (κ2) is 10.8. The van der Waals surface area contributed by atoms with Crippen LogP contribution in [0, 0.1) is 0 Å². The summed E-state index contributed by atoms with van der Waals surface area (Å²) < 4.78 is 0. The second-order valence-corrected chi connectivity index (χ2v) is 3.90. The molecule has 0 saturated heterocycles. The summed E-state index contributed by atoms with van der Waals surface area (Å²) in [5.74, 6) is 0.